The standard InChI is InChI=1S/C18H17BrN2O5S/c1-20(27(24,25)17-5-3-2-4-15(17)21(22)23)16-11-26-18(8-9-18)14-10-12(19)6-7-13(14)16/h2-7,10,16H,8-9,11H2,1H3/t16-/m1/s1. The van der Waals surface area contributed by atoms with Crippen LogP contribution >= 0.6 is 15.9 Å². The molecule has 2 aromatic rings. The average Bonchev–Trinajstić information content (AvgIpc) is 3.42. The van der Waals surface area contributed by atoms with Crippen LogP contribution in [0.25, 0.3) is 0 Å². The van der Waals surface area contributed by atoms with E-state index in [4.69, 9.17) is 4.74 Å². The molecule has 0 bridgehead atoms. The first-order chi connectivity index (χ1) is 12.8. The van der Waals surface area contributed by atoms with Crippen molar-refractivity contribution in [1.29, 1.82) is 0 Å². The fourth-order valence-corrected chi connectivity index (χ4v) is 5.43. The third-order valence-electron chi connectivity index (χ3n) is 5.24. The Morgan fingerprint density at radius 2 is 1.96 bits per heavy atom. The van der Waals surface area contributed by atoms with Gasteiger partial charge in [-0.2, -0.15) is 4.31 Å². The molecule has 2 aliphatic rings. The molecular formula is C18H17BrN2O5S. The van der Waals surface area contributed by atoms with E-state index in [2.05, 4.69) is 15.9 Å². The first-order valence-corrected chi connectivity index (χ1v) is 10.6. The molecule has 2 aromatic carbocycles. The van der Waals surface area contributed by atoms with E-state index >= 15 is 0 Å². The molecule has 0 amide bonds. The van der Waals surface area contributed by atoms with Gasteiger partial charge in [-0.25, -0.2) is 8.42 Å². The van der Waals surface area contributed by atoms with Crippen molar-refractivity contribution in [3.05, 3.63) is 68.2 Å². The van der Waals surface area contributed by atoms with E-state index in [-0.39, 0.29) is 17.1 Å². The molecule has 4 rings (SSSR count). The second kappa shape index (κ2) is 6.37. The lowest BCUT2D eigenvalue weighted by molar-refractivity contribution is -0.387. The van der Waals surface area contributed by atoms with E-state index in [1.165, 1.54) is 35.6 Å². The quantitative estimate of drug-likeness (QED) is 0.520. The van der Waals surface area contributed by atoms with Crippen LogP contribution in [0.15, 0.2) is 51.8 Å². The first kappa shape index (κ1) is 18.5. The zero-order chi connectivity index (χ0) is 19.4. The van der Waals surface area contributed by atoms with Gasteiger partial charge in [0.25, 0.3) is 5.69 Å². The molecule has 0 unspecified atom stereocenters. The summed E-state index contributed by atoms with van der Waals surface area (Å²) in [6, 6.07) is 10.6. The van der Waals surface area contributed by atoms with Crippen molar-refractivity contribution in [2.24, 2.45) is 0 Å². The predicted octanol–water partition coefficient (Wildman–Crippen LogP) is 3.74. The smallest absolute Gasteiger partial charge is 0.289 e. The van der Waals surface area contributed by atoms with Crippen LogP contribution in [0.4, 0.5) is 5.69 Å². The Morgan fingerprint density at radius 3 is 2.63 bits per heavy atom. The van der Waals surface area contributed by atoms with Crippen LogP contribution in [-0.4, -0.2) is 31.3 Å². The maximum atomic E-state index is 13.2. The number of likely N-dealkylation sites (N-methyl/N-ethyl adjacent to an activating group) is 1. The molecule has 0 N–H and O–H groups in total. The van der Waals surface area contributed by atoms with Crippen molar-refractivity contribution in [3.8, 4) is 0 Å². The summed E-state index contributed by atoms with van der Waals surface area (Å²) in [5.74, 6) is 0. The van der Waals surface area contributed by atoms with Crippen molar-refractivity contribution in [2.75, 3.05) is 13.7 Å². The molecule has 0 saturated heterocycles. The maximum Gasteiger partial charge on any atom is 0.289 e. The monoisotopic (exact) mass is 452 g/mol. The van der Waals surface area contributed by atoms with Crippen LogP contribution in [0.5, 0.6) is 0 Å². The molecule has 142 valence electrons. The van der Waals surface area contributed by atoms with Gasteiger partial charge in [0.15, 0.2) is 4.90 Å². The highest BCUT2D eigenvalue weighted by Gasteiger charge is 2.52. The summed E-state index contributed by atoms with van der Waals surface area (Å²) in [5.41, 5.74) is 1.11. The molecule has 1 fully saturated rings. The van der Waals surface area contributed by atoms with E-state index in [0.29, 0.717) is 0 Å². The normalized spacial score (nSPS) is 20.5. The van der Waals surface area contributed by atoms with E-state index in [1.807, 2.05) is 18.2 Å². The summed E-state index contributed by atoms with van der Waals surface area (Å²) in [5, 5.41) is 11.3. The molecule has 1 heterocycles. The van der Waals surface area contributed by atoms with Gasteiger partial charge in [-0.15, -0.1) is 0 Å². The number of para-hydroxylation sites is 1. The van der Waals surface area contributed by atoms with Gasteiger partial charge in [-0.1, -0.05) is 34.1 Å². The van der Waals surface area contributed by atoms with E-state index < -0.39 is 26.7 Å². The Morgan fingerprint density at radius 1 is 1.26 bits per heavy atom. The molecule has 1 saturated carbocycles. The molecule has 1 aliphatic carbocycles. The van der Waals surface area contributed by atoms with Gasteiger partial charge >= 0.3 is 0 Å². The number of sulfonamides is 1. The Hall–Kier alpha value is -1.81. The Kier molecular flexibility index (Phi) is 4.38. The van der Waals surface area contributed by atoms with Crippen LogP contribution in [0.1, 0.15) is 30.0 Å². The number of nitrogens with zero attached hydrogens (tertiary/aromatic N) is 2. The molecule has 1 aliphatic heterocycles. The predicted molar refractivity (Wildman–Crippen MR) is 102 cm³/mol. The van der Waals surface area contributed by atoms with Crippen LogP contribution < -0.4 is 0 Å². The van der Waals surface area contributed by atoms with Gasteiger partial charge in [0.05, 0.1) is 23.2 Å². The zero-order valence-electron chi connectivity index (χ0n) is 14.5. The topological polar surface area (TPSA) is 89.8 Å². The lowest BCUT2D eigenvalue weighted by atomic mass is 9.93. The van der Waals surface area contributed by atoms with Crippen LogP contribution in [0.3, 0.4) is 0 Å². The van der Waals surface area contributed by atoms with Gasteiger partial charge < -0.3 is 4.74 Å². The fraction of sp³-hybridized carbons (Fsp3) is 0.333. The Balaban J connectivity index is 1.78. The highest BCUT2D eigenvalue weighted by atomic mass is 79.9. The van der Waals surface area contributed by atoms with Crippen LogP contribution in [0, 0.1) is 10.1 Å². The second-order valence-corrected chi connectivity index (χ2v) is 9.68. The number of halogens is 1. The molecule has 27 heavy (non-hydrogen) atoms. The van der Waals surface area contributed by atoms with Gasteiger partial charge in [-0.3, -0.25) is 10.1 Å². The first-order valence-electron chi connectivity index (χ1n) is 8.42. The molecule has 0 radical (unpaired) electrons. The van der Waals surface area contributed by atoms with E-state index in [0.717, 1.165) is 28.4 Å². The zero-order valence-corrected chi connectivity index (χ0v) is 16.9. The van der Waals surface area contributed by atoms with Crippen LogP contribution in [0.2, 0.25) is 0 Å². The number of hydrogen-bond donors (Lipinski definition) is 0. The van der Waals surface area contributed by atoms with Crippen molar-refractivity contribution in [3.63, 3.8) is 0 Å². The minimum absolute atomic E-state index is 0.213. The lowest BCUT2D eigenvalue weighted by Gasteiger charge is -2.36. The third-order valence-corrected chi connectivity index (χ3v) is 7.65. The molecular weight excluding hydrogens is 436 g/mol. The number of rotatable bonds is 4. The van der Waals surface area contributed by atoms with Gasteiger partial charge in [0.1, 0.15) is 0 Å². The van der Waals surface area contributed by atoms with Crippen molar-refractivity contribution >= 4 is 31.6 Å². The van der Waals surface area contributed by atoms with Crippen molar-refractivity contribution in [1.82, 2.24) is 4.31 Å². The number of ether oxygens (including phenoxy) is 1. The summed E-state index contributed by atoms with van der Waals surface area (Å²) in [6.07, 6.45) is 1.81. The highest BCUT2D eigenvalue weighted by molar-refractivity contribution is 9.10. The summed E-state index contributed by atoms with van der Waals surface area (Å²) in [6.45, 7) is 0.213. The van der Waals surface area contributed by atoms with Crippen molar-refractivity contribution in [2.45, 2.75) is 29.4 Å². The summed E-state index contributed by atoms with van der Waals surface area (Å²) in [7, 11) is -2.64. The van der Waals surface area contributed by atoms with E-state index in [1.54, 1.807) is 0 Å². The third kappa shape index (κ3) is 2.98. The lowest BCUT2D eigenvalue weighted by Crippen LogP contribution is -2.39. The Bertz CT molecular complexity index is 1040. The maximum absolute atomic E-state index is 13.2. The molecule has 1 atom stereocenters. The molecule has 1 spiro atoms. The second-order valence-electron chi connectivity index (χ2n) is 6.80. The number of nitro groups is 1. The largest absolute Gasteiger partial charge is 0.368 e. The van der Waals surface area contributed by atoms with Gasteiger partial charge in [0, 0.05) is 17.6 Å². The minimum atomic E-state index is -4.08. The highest BCUT2D eigenvalue weighted by Crippen LogP contribution is 2.55. The minimum Gasteiger partial charge on any atom is -0.368 e. The average molecular weight is 453 g/mol. The van der Waals surface area contributed by atoms with Gasteiger partial charge in [0.2, 0.25) is 10.0 Å². The van der Waals surface area contributed by atoms with Crippen molar-refractivity contribution < 1.29 is 18.1 Å². The van der Waals surface area contributed by atoms with Gasteiger partial charge in [-0.05, 0) is 42.2 Å². The summed E-state index contributed by atoms with van der Waals surface area (Å²) < 4.78 is 34.5. The number of benzene rings is 2. The molecule has 9 heteroatoms. The molecule has 7 nitrogen and oxygen atoms in total. The SMILES string of the molecule is CN([C@@H]1COC2(CC2)c2cc(Br)ccc21)S(=O)(=O)c1ccccc1[N+](=O)[O-]. The number of nitro benzene ring substituents is 1. The van der Waals surface area contributed by atoms with E-state index in [9.17, 15) is 18.5 Å². The summed E-state index contributed by atoms with van der Waals surface area (Å²) in [4.78, 5) is 10.3. The fourth-order valence-electron chi connectivity index (χ4n) is 3.60. The number of fused-ring (bicyclic) bond motifs is 2. The van der Waals surface area contributed by atoms with Crippen LogP contribution in [-0.2, 0) is 20.4 Å². The Labute approximate surface area is 165 Å². The number of hydrogen-bond acceptors (Lipinski definition) is 5. The molecule has 0 aromatic heterocycles. The summed E-state index contributed by atoms with van der Waals surface area (Å²) >= 11 is 3.47.